The minimum absolute atomic E-state index is 0.137. The molecule has 1 atom stereocenters. The highest BCUT2D eigenvalue weighted by atomic mass is 32.1. The summed E-state index contributed by atoms with van der Waals surface area (Å²) in [6.45, 7) is 7.77. The number of hydrogen-bond acceptors (Lipinski definition) is 3. The molecule has 0 aromatic carbocycles. The van der Waals surface area contributed by atoms with Crippen LogP contribution in [0.2, 0.25) is 0 Å². The lowest BCUT2D eigenvalue weighted by Gasteiger charge is -2.31. The molecule has 0 fully saturated rings. The summed E-state index contributed by atoms with van der Waals surface area (Å²) in [7, 11) is 0. The van der Waals surface area contributed by atoms with Crippen LogP contribution in [0.4, 0.5) is 0 Å². The Kier molecular flexibility index (Phi) is 4.21. The zero-order valence-corrected chi connectivity index (χ0v) is 12.1. The van der Waals surface area contributed by atoms with Gasteiger partial charge in [0.25, 0.3) is 0 Å². The minimum Gasteiger partial charge on any atom is -0.306 e. The molecule has 1 N–H and O–H groups in total. The maximum atomic E-state index is 4.93. The molecule has 1 aromatic rings. The van der Waals surface area contributed by atoms with Gasteiger partial charge in [-0.2, -0.15) is 0 Å². The van der Waals surface area contributed by atoms with Crippen molar-refractivity contribution in [3.63, 3.8) is 0 Å². The molecule has 0 amide bonds. The monoisotopic (exact) mass is 252 g/mol. The first-order valence-electron chi connectivity index (χ1n) is 6.99. The summed E-state index contributed by atoms with van der Waals surface area (Å²) in [5.74, 6) is 0. The second kappa shape index (κ2) is 5.49. The van der Waals surface area contributed by atoms with Gasteiger partial charge in [-0.3, -0.25) is 0 Å². The van der Waals surface area contributed by atoms with Crippen molar-refractivity contribution in [3.05, 3.63) is 15.6 Å². The zero-order chi connectivity index (χ0) is 12.3. The van der Waals surface area contributed by atoms with Crippen molar-refractivity contribution in [3.8, 4) is 0 Å². The summed E-state index contributed by atoms with van der Waals surface area (Å²) in [6.07, 6.45) is 7.31. The molecule has 1 aliphatic carbocycles. The standard InChI is InChI=1S/C14H24N2S/c1-4-10-14(5-2,15-6-3)13-16-11-8-7-9-12(11)17-13/h15H,4-10H2,1-3H3. The zero-order valence-electron chi connectivity index (χ0n) is 11.3. The van der Waals surface area contributed by atoms with Gasteiger partial charge in [-0.1, -0.05) is 27.2 Å². The molecule has 2 nitrogen and oxygen atoms in total. The molecule has 17 heavy (non-hydrogen) atoms. The van der Waals surface area contributed by atoms with Gasteiger partial charge in [0.2, 0.25) is 0 Å². The van der Waals surface area contributed by atoms with Crippen molar-refractivity contribution >= 4 is 11.3 Å². The summed E-state index contributed by atoms with van der Waals surface area (Å²) in [5.41, 5.74) is 1.52. The van der Waals surface area contributed by atoms with E-state index in [4.69, 9.17) is 4.98 Å². The summed E-state index contributed by atoms with van der Waals surface area (Å²) >= 11 is 1.96. The predicted octanol–water partition coefficient (Wildman–Crippen LogP) is 3.65. The predicted molar refractivity (Wildman–Crippen MR) is 74.7 cm³/mol. The molecule has 1 aliphatic rings. The van der Waals surface area contributed by atoms with Crippen molar-refractivity contribution in [2.45, 2.75) is 64.8 Å². The third-order valence-electron chi connectivity index (χ3n) is 3.80. The van der Waals surface area contributed by atoms with Crippen molar-refractivity contribution in [1.82, 2.24) is 10.3 Å². The maximum Gasteiger partial charge on any atom is 0.113 e. The third-order valence-corrected chi connectivity index (χ3v) is 5.16. The van der Waals surface area contributed by atoms with Crippen LogP contribution in [0.1, 0.15) is 62.0 Å². The van der Waals surface area contributed by atoms with Crippen LogP contribution in [0.5, 0.6) is 0 Å². The van der Waals surface area contributed by atoms with Gasteiger partial charge >= 0.3 is 0 Å². The topological polar surface area (TPSA) is 24.9 Å². The molecule has 3 heteroatoms. The molecule has 2 rings (SSSR count). The molecule has 0 bridgehead atoms. The molecule has 0 aliphatic heterocycles. The first-order valence-corrected chi connectivity index (χ1v) is 7.81. The number of fused-ring (bicyclic) bond motifs is 1. The molecule has 0 radical (unpaired) electrons. The van der Waals surface area contributed by atoms with Crippen LogP contribution in [0.3, 0.4) is 0 Å². The van der Waals surface area contributed by atoms with Crippen LogP contribution >= 0.6 is 11.3 Å². The van der Waals surface area contributed by atoms with E-state index >= 15 is 0 Å². The van der Waals surface area contributed by atoms with Crippen LogP contribution in [-0.2, 0) is 18.4 Å². The van der Waals surface area contributed by atoms with Gasteiger partial charge in [0, 0.05) is 4.88 Å². The van der Waals surface area contributed by atoms with Gasteiger partial charge in [0.1, 0.15) is 5.01 Å². The first-order chi connectivity index (χ1) is 8.25. The fraction of sp³-hybridized carbons (Fsp3) is 0.786. The number of aryl methyl sites for hydroxylation is 2. The Labute approximate surface area is 109 Å². The fourth-order valence-corrected chi connectivity index (χ4v) is 4.30. The van der Waals surface area contributed by atoms with Crippen molar-refractivity contribution < 1.29 is 0 Å². The molecule has 0 saturated heterocycles. The van der Waals surface area contributed by atoms with Gasteiger partial charge in [0.05, 0.1) is 11.2 Å². The highest BCUT2D eigenvalue weighted by Crippen LogP contribution is 2.37. The van der Waals surface area contributed by atoms with Gasteiger partial charge in [-0.05, 0) is 38.6 Å². The number of hydrogen-bond donors (Lipinski definition) is 1. The van der Waals surface area contributed by atoms with Gasteiger partial charge in [-0.15, -0.1) is 11.3 Å². The van der Waals surface area contributed by atoms with E-state index in [0.29, 0.717) is 0 Å². The quantitative estimate of drug-likeness (QED) is 0.836. The average molecular weight is 252 g/mol. The second-order valence-corrected chi connectivity index (χ2v) is 6.04. The SMILES string of the molecule is CCCC(CC)(NCC)c1nc2c(s1)CCC2. The van der Waals surface area contributed by atoms with E-state index in [1.54, 1.807) is 4.88 Å². The van der Waals surface area contributed by atoms with Crippen LogP contribution in [0, 0.1) is 0 Å². The summed E-state index contributed by atoms with van der Waals surface area (Å²) in [6, 6.07) is 0. The Balaban J connectivity index is 2.29. The smallest absolute Gasteiger partial charge is 0.113 e. The number of rotatable bonds is 6. The number of thiazole rings is 1. The normalized spacial score (nSPS) is 18.1. The first kappa shape index (κ1) is 13.0. The van der Waals surface area contributed by atoms with Crippen LogP contribution in [-0.4, -0.2) is 11.5 Å². The van der Waals surface area contributed by atoms with E-state index < -0.39 is 0 Å². The van der Waals surface area contributed by atoms with Gasteiger partial charge in [-0.25, -0.2) is 4.98 Å². The van der Waals surface area contributed by atoms with E-state index in [0.717, 1.165) is 13.0 Å². The highest BCUT2D eigenvalue weighted by molar-refractivity contribution is 7.12. The molecular weight excluding hydrogens is 228 g/mol. The molecule has 1 heterocycles. The lowest BCUT2D eigenvalue weighted by molar-refractivity contribution is 0.299. The van der Waals surface area contributed by atoms with Crippen LogP contribution < -0.4 is 5.32 Å². The minimum atomic E-state index is 0.137. The maximum absolute atomic E-state index is 4.93. The number of aromatic nitrogens is 1. The molecule has 0 saturated carbocycles. The van der Waals surface area contributed by atoms with Gasteiger partial charge in [0.15, 0.2) is 0 Å². The van der Waals surface area contributed by atoms with Crippen LogP contribution in [0.15, 0.2) is 0 Å². The lowest BCUT2D eigenvalue weighted by Crippen LogP contribution is -2.41. The largest absolute Gasteiger partial charge is 0.306 e. The molecule has 1 aromatic heterocycles. The van der Waals surface area contributed by atoms with E-state index in [9.17, 15) is 0 Å². The Bertz CT molecular complexity index is 343. The van der Waals surface area contributed by atoms with E-state index in [1.807, 2.05) is 11.3 Å². The Morgan fingerprint density at radius 1 is 1.29 bits per heavy atom. The molecular formula is C14H24N2S. The summed E-state index contributed by atoms with van der Waals surface area (Å²) in [5, 5.41) is 5.04. The Morgan fingerprint density at radius 3 is 2.71 bits per heavy atom. The summed E-state index contributed by atoms with van der Waals surface area (Å²) in [4.78, 5) is 6.48. The van der Waals surface area contributed by atoms with Crippen molar-refractivity contribution in [1.29, 1.82) is 0 Å². The van der Waals surface area contributed by atoms with Crippen molar-refractivity contribution in [2.24, 2.45) is 0 Å². The van der Waals surface area contributed by atoms with Crippen LogP contribution in [0.25, 0.3) is 0 Å². The van der Waals surface area contributed by atoms with E-state index in [1.165, 1.54) is 42.8 Å². The lowest BCUT2D eigenvalue weighted by atomic mass is 9.91. The molecule has 1 unspecified atom stereocenters. The number of nitrogens with one attached hydrogen (secondary N) is 1. The van der Waals surface area contributed by atoms with E-state index in [2.05, 4.69) is 26.1 Å². The average Bonchev–Trinajstić information content (AvgIpc) is 2.88. The summed E-state index contributed by atoms with van der Waals surface area (Å²) < 4.78 is 0. The van der Waals surface area contributed by atoms with Crippen molar-refractivity contribution in [2.75, 3.05) is 6.54 Å². The van der Waals surface area contributed by atoms with Gasteiger partial charge < -0.3 is 5.32 Å². The second-order valence-electron chi connectivity index (χ2n) is 4.96. The number of nitrogens with zero attached hydrogens (tertiary/aromatic N) is 1. The highest BCUT2D eigenvalue weighted by Gasteiger charge is 2.33. The Hall–Kier alpha value is -0.410. The molecule has 96 valence electrons. The molecule has 0 spiro atoms. The fourth-order valence-electron chi connectivity index (χ4n) is 2.88. The third kappa shape index (κ3) is 2.41. The van der Waals surface area contributed by atoms with E-state index in [-0.39, 0.29) is 5.54 Å². The Morgan fingerprint density at radius 2 is 2.12 bits per heavy atom.